The number of hydrogen-bond donors (Lipinski definition) is 1. The molecule has 0 saturated heterocycles. The molecule has 0 aliphatic carbocycles. The Labute approximate surface area is 98.4 Å². The van der Waals surface area contributed by atoms with Crippen LogP contribution in [0.5, 0.6) is 0 Å². The molecule has 0 aromatic rings. The third-order valence-corrected chi connectivity index (χ3v) is 3.49. The summed E-state index contributed by atoms with van der Waals surface area (Å²) in [6.07, 6.45) is 5.18. The Balaban J connectivity index is 3.25. The number of nitrogens with two attached hydrogens (primary N) is 1. The fraction of sp³-hybridized carbons (Fsp3) is 0.917. The van der Waals surface area contributed by atoms with Gasteiger partial charge < -0.3 is 5.73 Å². The molecule has 0 radical (unpaired) electrons. The third-order valence-electron chi connectivity index (χ3n) is 2.48. The molecule has 0 bridgehead atoms. The van der Waals surface area contributed by atoms with E-state index >= 15 is 0 Å². The van der Waals surface area contributed by atoms with Crippen LogP contribution in [0.1, 0.15) is 46.5 Å². The smallest absolute Gasteiger partial charge is 0.227 e. The van der Waals surface area contributed by atoms with Gasteiger partial charge >= 0.3 is 0 Å². The van der Waals surface area contributed by atoms with Gasteiger partial charge in [-0.2, -0.15) is 11.8 Å². The van der Waals surface area contributed by atoms with E-state index in [1.54, 1.807) is 11.8 Å². The van der Waals surface area contributed by atoms with Crippen LogP contribution in [-0.4, -0.2) is 17.4 Å². The van der Waals surface area contributed by atoms with Crippen LogP contribution in [0.2, 0.25) is 0 Å². The zero-order valence-electron chi connectivity index (χ0n) is 10.3. The van der Waals surface area contributed by atoms with Gasteiger partial charge in [0.15, 0.2) is 0 Å². The minimum absolute atomic E-state index is 0.201. The molecular weight excluding hydrogens is 206 g/mol. The second-order valence-corrected chi connectivity index (χ2v) is 5.84. The van der Waals surface area contributed by atoms with E-state index in [9.17, 15) is 4.79 Å². The number of hydrogen-bond acceptors (Lipinski definition) is 2. The Bertz CT molecular complexity index is 171. The summed E-state index contributed by atoms with van der Waals surface area (Å²) in [5.74, 6) is 2.93. The molecule has 0 spiro atoms. The highest BCUT2D eigenvalue weighted by Crippen LogP contribution is 2.17. The Kier molecular flexibility index (Phi) is 8.97. The molecule has 0 aromatic heterocycles. The molecule has 15 heavy (non-hydrogen) atoms. The minimum atomic E-state index is -0.201. The monoisotopic (exact) mass is 231 g/mol. The first-order valence-corrected chi connectivity index (χ1v) is 7.04. The maximum Gasteiger partial charge on any atom is 0.227 e. The number of rotatable bonds is 9. The van der Waals surface area contributed by atoms with Crippen LogP contribution in [0.25, 0.3) is 0 Å². The van der Waals surface area contributed by atoms with Crippen molar-refractivity contribution in [2.45, 2.75) is 46.5 Å². The first-order chi connectivity index (χ1) is 7.02. The van der Waals surface area contributed by atoms with E-state index < -0.39 is 0 Å². The molecule has 90 valence electrons. The van der Waals surface area contributed by atoms with Crippen molar-refractivity contribution in [3.8, 4) is 0 Å². The Morgan fingerprint density at radius 1 is 1.20 bits per heavy atom. The summed E-state index contributed by atoms with van der Waals surface area (Å²) >= 11 is 1.65. The van der Waals surface area contributed by atoms with E-state index in [1.807, 2.05) is 0 Å². The van der Waals surface area contributed by atoms with Gasteiger partial charge in [0.25, 0.3) is 0 Å². The highest BCUT2D eigenvalue weighted by Gasteiger charge is 2.03. The highest BCUT2D eigenvalue weighted by molar-refractivity contribution is 7.99. The molecule has 3 heteroatoms. The van der Waals surface area contributed by atoms with Crippen molar-refractivity contribution >= 4 is 17.7 Å². The van der Waals surface area contributed by atoms with Crippen LogP contribution in [0.4, 0.5) is 0 Å². The molecular formula is C12H25NOS. The lowest BCUT2D eigenvalue weighted by Gasteiger charge is -2.11. The van der Waals surface area contributed by atoms with Gasteiger partial charge in [-0.3, -0.25) is 4.79 Å². The van der Waals surface area contributed by atoms with Crippen LogP contribution < -0.4 is 5.73 Å². The van der Waals surface area contributed by atoms with Gasteiger partial charge in [0.2, 0.25) is 5.91 Å². The largest absolute Gasteiger partial charge is 0.369 e. The summed E-state index contributed by atoms with van der Waals surface area (Å²) in [5, 5.41) is 0. The second-order valence-electron chi connectivity index (χ2n) is 4.74. The maximum atomic E-state index is 10.5. The summed E-state index contributed by atoms with van der Waals surface area (Å²) < 4.78 is 0. The topological polar surface area (TPSA) is 43.1 Å². The molecule has 1 unspecified atom stereocenters. The summed E-state index contributed by atoms with van der Waals surface area (Å²) in [6.45, 7) is 6.84. The van der Waals surface area contributed by atoms with Gasteiger partial charge in [-0.25, -0.2) is 0 Å². The van der Waals surface area contributed by atoms with Crippen LogP contribution >= 0.6 is 11.8 Å². The number of amides is 1. The molecule has 0 saturated carbocycles. The molecule has 0 heterocycles. The lowest BCUT2D eigenvalue weighted by Crippen LogP contribution is -2.13. The standard InChI is InChI=1S/C12H25NOS/c1-10(2)5-4-6-11(3)7-8-15-9-12(13)14/h10-11H,4-9H2,1-3H3,(H2,13,14). The lowest BCUT2D eigenvalue weighted by molar-refractivity contribution is -0.115. The van der Waals surface area contributed by atoms with Gasteiger partial charge in [-0.15, -0.1) is 0 Å². The Morgan fingerprint density at radius 2 is 1.87 bits per heavy atom. The predicted octanol–water partition coefficient (Wildman–Crippen LogP) is 3.06. The van der Waals surface area contributed by atoms with Crippen molar-refractivity contribution in [2.75, 3.05) is 11.5 Å². The first-order valence-electron chi connectivity index (χ1n) is 5.88. The summed E-state index contributed by atoms with van der Waals surface area (Å²) in [5.41, 5.74) is 5.06. The maximum absolute atomic E-state index is 10.5. The molecule has 2 nitrogen and oxygen atoms in total. The van der Waals surface area contributed by atoms with Crippen molar-refractivity contribution < 1.29 is 4.79 Å². The van der Waals surface area contributed by atoms with E-state index in [-0.39, 0.29) is 5.91 Å². The summed E-state index contributed by atoms with van der Waals surface area (Å²) in [7, 11) is 0. The van der Waals surface area contributed by atoms with Gasteiger partial charge in [0, 0.05) is 0 Å². The van der Waals surface area contributed by atoms with Crippen molar-refractivity contribution in [1.29, 1.82) is 0 Å². The molecule has 1 amide bonds. The van der Waals surface area contributed by atoms with E-state index in [2.05, 4.69) is 20.8 Å². The molecule has 2 N–H and O–H groups in total. The van der Waals surface area contributed by atoms with Crippen molar-refractivity contribution in [1.82, 2.24) is 0 Å². The van der Waals surface area contributed by atoms with Crippen LogP contribution in [0.15, 0.2) is 0 Å². The predicted molar refractivity (Wildman–Crippen MR) is 69.0 cm³/mol. The van der Waals surface area contributed by atoms with Gasteiger partial charge in [-0.05, 0) is 24.0 Å². The zero-order valence-corrected chi connectivity index (χ0v) is 11.1. The van der Waals surface area contributed by atoms with Gasteiger partial charge in [0.1, 0.15) is 0 Å². The molecule has 0 aliphatic rings. The zero-order chi connectivity index (χ0) is 11.7. The van der Waals surface area contributed by atoms with Crippen molar-refractivity contribution in [2.24, 2.45) is 17.6 Å². The fourth-order valence-corrected chi connectivity index (χ4v) is 2.39. The summed E-state index contributed by atoms with van der Waals surface area (Å²) in [4.78, 5) is 10.5. The second kappa shape index (κ2) is 9.08. The van der Waals surface area contributed by atoms with Crippen LogP contribution in [0, 0.1) is 11.8 Å². The molecule has 1 atom stereocenters. The summed E-state index contributed by atoms with van der Waals surface area (Å²) in [6, 6.07) is 0. The van der Waals surface area contributed by atoms with Gasteiger partial charge in [0.05, 0.1) is 5.75 Å². The normalized spacial score (nSPS) is 13.1. The Hall–Kier alpha value is -0.180. The number of carbonyl (C=O) groups excluding carboxylic acids is 1. The van der Waals surface area contributed by atoms with E-state index in [0.717, 1.165) is 17.6 Å². The quantitative estimate of drug-likeness (QED) is 0.620. The average Bonchev–Trinajstić information content (AvgIpc) is 2.11. The fourth-order valence-electron chi connectivity index (χ4n) is 1.48. The van der Waals surface area contributed by atoms with Crippen molar-refractivity contribution in [3.05, 3.63) is 0 Å². The number of carbonyl (C=O) groups is 1. The van der Waals surface area contributed by atoms with E-state index in [0.29, 0.717) is 5.75 Å². The molecule has 0 rings (SSSR count). The molecule has 0 fully saturated rings. The minimum Gasteiger partial charge on any atom is -0.369 e. The van der Waals surface area contributed by atoms with Crippen LogP contribution in [0.3, 0.4) is 0 Å². The highest BCUT2D eigenvalue weighted by atomic mass is 32.2. The average molecular weight is 231 g/mol. The van der Waals surface area contributed by atoms with Gasteiger partial charge in [-0.1, -0.05) is 40.0 Å². The Morgan fingerprint density at radius 3 is 2.40 bits per heavy atom. The molecule has 0 aromatic carbocycles. The number of primary amides is 1. The number of thioether (sulfide) groups is 1. The van der Waals surface area contributed by atoms with Crippen molar-refractivity contribution in [3.63, 3.8) is 0 Å². The lowest BCUT2D eigenvalue weighted by atomic mass is 9.98. The molecule has 0 aliphatic heterocycles. The van der Waals surface area contributed by atoms with Crippen LogP contribution in [-0.2, 0) is 4.79 Å². The SMILES string of the molecule is CC(C)CCCC(C)CCSCC(N)=O. The van der Waals surface area contributed by atoms with E-state index in [1.165, 1.54) is 25.7 Å². The first kappa shape index (κ1) is 14.8. The van der Waals surface area contributed by atoms with E-state index in [4.69, 9.17) is 5.73 Å². The third kappa shape index (κ3) is 11.7.